The molecule has 1 aliphatic heterocycles. The van der Waals surface area contributed by atoms with Crippen LogP contribution < -0.4 is 15.8 Å². The van der Waals surface area contributed by atoms with E-state index in [1.54, 1.807) is 18.5 Å². The van der Waals surface area contributed by atoms with E-state index < -0.39 is 35.0 Å². The number of ether oxygens (including phenoxy) is 1. The maximum absolute atomic E-state index is 14.5. The summed E-state index contributed by atoms with van der Waals surface area (Å²) < 4.78 is 34.9. The number of halogens is 2. The minimum atomic E-state index is -1.08. The molecule has 1 aromatic heterocycles. The van der Waals surface area contributed by atoms with Gasteiger partial charge in [-0.3, -0.25) is 9.78 Å². The molecule has 2 aromatic carbocycles. The van der Waals surface area contributed by atoms with Crippen LogP contribution in [0.4, 0.5) is 8.78 Å². The molecule has 8 heteroatoms. The Kier molecular flexibility index (Phi) is 7.96. The average molecular weight is 496 g/mol. The predicted octanol–water partition coefficient (Wildman–Crippen LogP) is 3.72. The van der Waals surface area contributed by atoms with Gasteiger partial charge in [-0.1, -0.05) is 37.3 Å². The van der Waals surface area contributed by atoms with E-state index in [-0.39, 0.29) is 25.0 Å². The SMILES string of the molecule is CC(C(O)[C@H]1C[C@@H](Oc2cccnc2)CN1)C(CCC(N)=O)(c1ccccc1)c1cc(F)cc(F)c1. The van der Waals surface area contributed by atoms with Crippen molar-refractivity contribution < 1.29 is 23.4 Å². The van der Waals surface area contributed by atoms with E-state index in [9.17, 15) is 18.7 Å². The minimum absolute atomic E-state index is 0.0189. The molecule has 36 heavy (non-hydrogen) atoms. The van der Waals surface area contributed by atoms with Crippen molar-refractivity contribution in [1.29, 1.82) is 0 Å². The summed E-state index contributed by atoms with van der Waals surface area (Å²) in [5.41, 5.74) is 5.53. The van der Waals surface area contributed by atoms with E-state index in [1.165, 1.54) is 12.1 Å². The number of nitrogens with zero attached hydrogens (tertiary/aromatic N) is 1. The fourth-order valence-corrected chi connectivity index (χ4v) is 5.41. The summed E-state index contributed by atoms with van der Waals surface area (Å²) in [4.78, 5) is 15.9. The Bertz CT molecular complexity index is 1140. The Morgan fingerprint density at radius 3 is 2.53 bits per heavy atom. The molecule has 4 N–H and O–H groups in total. The van der Waals surface area contributed by atoms with Gasteiger partial charge in [0, 0.05) is 43.1 Å². The number of hydrogen-bond acceptors (Lipinski definition) is 5. The van der Waals surface area contributed by atoms with Crippen LogP contribution in [-0.4, -0.2) is 40.8 Å². The molecular formula is C28H31F2N3O3. The Labute approximate surface area is 209 Å². The van der Waals surface area contributed by atoms with E-state index in [1.807, 2.05) is 43.3 Å². The number of nitrogens with one attached hydrogen (secondary N) is 1. The van der Waals surface area contributed by atoms with Gasteiger partial charge in [-0.05, 0) is 47.7 Å². The van der Waals surface area contributed by atoms with Gasteiger partial charge in [0.15, 0.2) is 0 Å². The topological polar surface area (TPSA) is 97.5 Å². The molecule has 0 bridgehead atoms. The van der Waals surface area contributed by atoms with E-state index in [4.69, 9.17) is 10.5 Å². The van der Waals surface area contributed by atoms with Crippen LogP contribution in [0.5, 0.6) is 5.75 Å². The first-order chi connectivity index (χ1) is 17.3. The number of carbonyl (C=O) groups excluding carboxylic acids is 1. The predicted molar refractivity (Wildman–Crippen MR) is 132 cm³/mol. The van der Waals surface area contributed by atoms with Gasteiger partial charge >= 0.3 is 0 Å². The van der Waals surface area contributed by atoms with Crippen LogP contribution in [0, 0.1) is 17.6 Å². The third kappa shape index (κ3) is 5.55. The van der Waals surface area contributed by atoms with Crippen LogP contribution in [0.2, 0.25) is 0 Å². The standard InChI is InChI=1S/C28H31F2N3O3/c1-18(27(35)25-15-24(17-33-25)36-23-8-5-11-32-16-23)28(10-9-26(31)34,19-6-3-2-4-7-19)20-12-21(29)14-22(30)13-20/h2-8,11-14,16,18,24-25,27,33,35H,9-10,15,17H2,1H3,(H2,31,34)/t18?,24-,25-,27?,28?/m1/s1. The molecule has 4 rings (SSSR count). The van der Waals surface area contributed by atoms with Crippen molar-refractivity contribution in [3.05, 3.63) is 95.8 Å². The van der Waals surface area contributed by atoms with Crippen molar-refractivity contribution in [2.45, 2.75) is 49.9 Å². The molecule has 0 spiro atoms. The van der Waals surface area contributed by atoms with Crippen molar-refractivity contribution in [1.82, 2.24) is 10.3 Å². The highest BCUT2D eigenvalue weighted by molar-refractivity contribution is 5.74. The maximum Gasteiger partial charge on any atom is 0.217 e. The zero-order valence-electron chi connectivity index (χ0n) is 20.1. The lowest BCUT2D eigenvalue weighted by Gasteiger charge is -2.44. The Morgan fingerprint density at radius 2 is 1.89 bits per heavy atom. The Hall–Kier alpha value is -3.36. The van der Waals surface area contributed by atoms with Crippen LogP contribution in [0.25, 0.3) is 0 Å². The molecule has 3 aromatic rings. The molecule has 1 amide bonds. The lowest BCUT2D eigenvalue weighted by molar-refractivity contribution is -0.118. The van der Waals surface area contributed by atoms with Crippen LogP contribution in [0.3, 0.4) is 0 Å². The van der Waals surface area contributed by atoms with E-state index in [2.05, 4.69) is 10.3 Å². The minimum Gasteiger partial charge on any atom is -0.487 e. The first kappa shape index (κ1) is 25.7. The molecule has 1 aliphatic rings. The number of aliphatic hydroxyl groups excluding tert-OH is 1. The fraction of sp³-hybridized carbons (Fsp3) is 0.357. The lowest BCUT2D eigenvalue weighted by atomic mass is 9.61. The zero-order valence-corrected chi connectivity index (χ0v) is 20.1. The number of carbonyl (C=O) groups is 1. The number of nitrogens with two attached hydrogens (primary N) is 1. The molecule has 190 valence electrons. The van der Waals surface area contributed by atoms with Crippen LogP contribution in [0.1, 0.15) is 37.3 Å². The van der Waals surface area contributed by atoms with Gasteiger partial charge in [-0.25, -0.2) is 8.78 Å². The highest BCUT2D eigenvalue weighted by Crippen LogP contribution is 2.46. The van der Waals surface area contributed by atoms with Crippen LogP contribution >= 0.6 is 0 Å². The number of pyridine rings is 1. The van der Waals surface area contributed by atoms with Crippen molar-refractivity contribution >= 4 is 5.91 Å². The highest BCUT2D eigenvalue weighted by atomic mass is 19.1. The summed E-state index contributed by atoms with van der Waals surface area (Å²) in [5, 5.41) is 15.0. The summed E-state index contributed by atoms with van der Waals surface area (Å²) >= 11 is 0. The van der Waals surface area contributed by atoms with Gasteiger partial charge in [-0.15, -0.1) is 0 Å². The number of amides is 1. The zero-order chi connectivity index (χ0) is 25.7. The smallest absolute Gasteiger partial charge is 0.217 e. The first-order valence-corrected chi connectivity index (χ1v) is 12.1. The molecule has 1 fully saturated rings. The van der Waals surface area contributed by atoms with Crippen molar-refractivity contribution in [2.24, 2.45) is 11.7 Å². The summed E-state index contributed by atoms with van der Waals surface area (Å²) in [6.45, 7) is 2.37. The highest BCUT2D eigenvalue weighted by Gasteiger charge is 2.46. The Balaban J connectivity index is 1.69. The quantitative estimate of drug-likeness (QED) is 0.398. The Morgan fingerprint density at radius 1 is 1.17 bits per heavy atom. The number of benzene rings is 2. The fourth-order valence-electron chi connectivity index (χ4n) is 5.41. The molecule has 0 aliphatic carbocycles. The average Bonchev–Trinajstić information content (AvgIpc) is 3.33. The summed E-state index contributed by atoms with van der Waals surface area (Å²) in [6, 6.07) is 15.8. The third-order valence-electron chi connectivity index (χ3n) is 7.20. The molecule has 2 heterocycles. The number of hydrogen-bond donors (Lipinski definition) is 3. The summed E-state index contributed by atoms with van der Waals surface area (Å²) in [5.74, 6) is -1.89. The largest absolute Gasteiger partial charge is 0.487 e. The molecule has 0 radical (unpaired) electrons. The third-order valence-corrected chi connectivity index (χ3v) is 7.20. The van der Waals surface area contributed by atoms with Crippen LogP contribution in [-0.2, 0) is 10.2 Å². The van der Waals surface area contributed by atoms with Gasteiger partial charge < -0.3 is 20.9 Å². The van der Waals surface area contributed by atoms with Crippen molar-refractivity contribution in [2.75, 3.05) is 6.54 Å². The molecule has 3 unspecified atom stereocenters. The molecule has 1 saturated heterocycles. The van der Waals surface area contributed by atoms with Gasteiger partial charge in [0.2, 0.25) is 5.91 Å². The molecule has 0 saturated carbocycles. The number of aromatic nitrogens is 1. The van der Waals surface area contributed by atoms with Crippen molar-refractivity contribution in [3.63, 3.8) is 0 Å². The van der Waals surface area contributed by atoms with Gasteiger partial charge in [0.05, 0.1) is 12.3 Å². The van der Waals surface area contributed by atoms with E-state index >= 15 is 0 Å². The number of rotatable bonds is 10. The summed E-state index contributed by atoms with van der Waals surface area (Å²) in [7, 11) is 0. The normalized spacial score (nSPS) is 20.9. The van der Waals surface area contributed by atoms with Gasteiger partial charge in [0.1, 0.15) is 23.5 Å². The number of primary amides is 1. The second-order valence-electron chi connectivity index (χ2n) is 9.42. The van der Waals surface area contributed by atoms with E-state index in [0.717, 1.165) is 11.6 Å². The first-order valence-electron chi connectivity index (χ1n) is 12.1. The van der Waals surface area contributed by atoms with Gasteiger partial charge in [0.25, 0.3) is 0 Å². The maximum atomic E-state index is 14.5. The number of aliphatic hydroxyl groups is 1. The van der Waals surface area contributed by atoms with Crippen LogP contribution in [0.15, 0.2) is 73.1 Å². The van der Waals surface area contributed by atoms with Crippen molar-refractivity contribution in [3.8, 4) is 5.75 Å². The second-order valence-corrected chi connectivity index (χ2v) is 9.42. The molecule has 6 nitrogen and oxygen atoms in total. The van der Waals surface area contributed by atoms with E-state index in [0.29, 0.717) is 24.3 Å². The monoisotopic (exact) mass is 495 g/mol. The second kappa shape index (κ2) is 11.1. The summed E-state index contributed by atoms with van der Waals surface area (Å²) in [6.07, 6.45) is 2.88. The molecule has 5 atom stereocenters. The lowest BCUT2D eigenvalue weighted by Crippen LogP contribution is -2.49. The molecular weight excluding hydrogens is 464 g/mol. The van der Waals surface area contributed by atoms with Gasteiger partial charge in [-0.2, -0.15) is 0 Å².